The van der Waals surface area contributed by atoms with E-state index in [0.717, 1.165) is 24.4 Å². The zero-order valence-electron chi connectivity index (χ0n) is 17.7. The molecular weight excluding hydrogens is 376 g/mol. The molecule has 2 amide bonds. The van der Waals surface area contributed by atoms with Crippen LogP contribution in [0.15, 0.2) is 60.7 Å². The Balaban J connectivity index is 1.39. The van der Waals surface area contributed by atoms with E-state index in [9.17, 15) is 9.59 Å². The van der Waals surface area contributed by atoms with E-state index in [1.807, 2.05) is 62.5 Å². The van der Waals surface area contributed by atoms with Crippen LogP contribution in [0.3, 0.4) is 0 Å². The van der Waals surface area contributed by atoms with Crippen molar-refractivity contribution in [1.29, 1.82) is 0 Å². The van der Waals surface area contributed by atoms with Crippen LogP contribution in [0.25, 0.3) is 5.70 Å². The average molecular weight is 407 g/mol. The first kappa shape index (κ1) is 21.6. The van der Waals surface area contributed by atoms with Crippen LogP contribution >= 0.6 is 0 Å². The highest BCUT2D eigenvalue weighted by atomic mass is 16.2. The number of hydrogen-bond donors (Lipinski definition) is 2. The van der Waals surface area contributed by atoms with Crippen molar-refractivity contribution in [3.8, 4) is 0 Å². The third-order valence-electron chi connectivity index (χ3n) is 5.07. The summed E-state index contributed by atoms with van der Waals surface area (Å²) in [5.74, 6) is -0.0783. The minimum Gasteiger partial charge on any atom is -0.355 e. The summed E-state index contributed by atoms with van der Waals surface area (Å²) in [4.78, 5) is 26.6. The fourth-order valence-electron chi connectivity index (χ4n) is 3.31. The first-order valence-electron chi connectivity index (χ1n) is 10.3. The first-order valence-corrected chi connectivity index (χ1v) is 10.3. The Bertz CT molecular complexity index is 878. The third-order valence-corrected chi connectivity index (χ3v) is 5.07. The molecule has 0 spiro atoms. The van der Waals surface area contributed by atoms with Crippen molar-refractivity contribution in [2.24, 2.45) is 0 Å². The van der Waals surface area contributed by atoms with Gasteiger partial charge in [0.25, 0.3) is 0 Å². The topological polar surface area (TPSA) is 64.7 Å². The van der Waals surface area contributed by atoms with E-state index >= 15 is 0 Å². The van der Waals surface area contributed by atoms with Gasteiger partial charge in [0, 0.05) is 32.5 Å². The molecule has 0 radical (unpaired) electrons. The van der Waals surface area contributed by atoms with Crippen molar-refractivity contribution in [3.63, 3.8) is 0 Å². The van der Waals surface area contributed by atoms with Crippen LogP contribution in [-0.2, 0) is 16.1 Å². The lowest BCUT2D eigenvalue weighted by atomic mass is 10.1. The van der Waals surface area contributed by atoms with Crippen LogP contribution in [0.1, 0.15) is 29.5 Å². The maximum absolute atomic E-state index is 12.2. The number of rotatable bonds is 9. The van der Waals surface area contributed by atoms with E-state index < -0.39 is 0 Å². The Labute approximate surface area is 178 Å². The fraction of sp³-hybridized carbons (Fsp3) is 0.333. The second-order valence-electron chi connectivity index (χ2n) is 7.67. The van der Waals surface area contributed by atoms with E-state index in [1.54, 1.807) is 0 Å². The molecule has 0 atom stereocenters. The second-order valence-corrected chi connectivity index (χ2v) is 7.67. The Morgan fingerprint density at radius 2 is 1.87 bits per heavy atom. The molecule has 6 heteroatoms. The quantitative estimate of drug-likeness (QED) is 0.672. The number of aryl methyl sites for hydroxylation is 1. The SMILES string of the molecule is Cc1ccc(C2=CCC(=O)N(CCC(=O)NCCN(C)Cc3ccccc3)N2)cc1. The number of nitrogens with one attached hydrogen (secondary N) is 2. The van der Waals surface area contributed by atoms with Crippen molar-refractivity contribution in [2.45, 2.75) is 26.3 Å². The molecule has 0 fully saturated rings. The summed E-state index contributed by atoms with van der Waals surface area (Å²) in [7, 11) is 2.04. The average Bonchev–Trinajstić information content (AvgIpc) is 2.74. The van der Waals surface area contributed by atoms with Crippen LogP contribution in [0.5, 0.6) is 0 Å². The van der Waals surface area contributed by atoms with Gasteiger partial charge in [-0.25, -0.2) is 0 Å². The van der Waals surface area contributed by atoms with E-state index in [4.69, 9.17) is 0 Å². The van der Waals surface area contributed by atoms with Gasteiger partial charge in [-0.05, 0) is 31.2 Å². The molecule has 2 aromatic rings. The van der Waals surface area contributed by atoms with Gasteiger partial charge in [-0.2, -0.15) is 0 Å². The van der Waals surface area contributed by atoms with Crippen LogP contribution in [-0.4, -0.2) is 48.4 Å². The highest BCUT2D eigenvalue weighted by molar-refractivity contribution is 5.84. The maximum atomic E-state index is 12.2. The highest BCUT2D eigenvalue weighted by Crippen LogP contribution is 2.18. The normalized spacial score (nSPS) is 13.8. The molecule has 2 aromatic carbocycles. The van der Waals surface area contributed by atoms with Gasteiger partial charge in [0.05, 0.1) is 12.2 Å². The van der Waals surface area contributed by atoms with E-state index in [1.165, 1.54) is 16.1 Å². The molecule has 0 aliphatic carbocycles. The Hall–Kier alpha value is -3.12. The zero-order valence-corrected chi connectivity index (χ0v) is 17.7. The molecule has 0 bridgehead atoms. The van der Waals surface area contributed by atoms with Gasteiger partial charge in [-0.3, -0.25) is 20.0 Å². The summed E-state index contributed by atoms with van der Waals surface area (Å²) in [6.07, 6.45) is 2.50. The smallest absolute Gasteiger partial charge is 0.244 e. The molecule has 0 saturated heterocycles. The lowest BCUT2D eigenvalue weighted by molar-refractivity contribution is -0.133. The molecule has 158 valence electrons. The summed E-state index contributed by atoms with van der Waals surface area (Å²) in [5.41, 5.74) is 7.52. The first-order chi connectivity index (χ1) is 14.5. The summed E-state index contributed by atoms with van der Waals surface area (Å²) in [5, 5.41) is 4.48. The second kappa shape index (κ2) is 10.6. The Kier molecular flexibility index (Phi) is 7.63. The molecule has 30 heavy (non-hydrogen) atoms. The minimum absolute atomic E-state index is 0.0266. The lowest BCUT2D eigenvalue weighted by Gasteiger charge is -2.29. The number of hydrogen-bond acceptors (Lipinski definition) is 4. The molecular formula is C24H30N4O2. The Morgan fingerprint density at radius 3 is 2.60 bits per heavy atom. The van der Waals surface area contributed by atoms with Gasteiger partial charge in [-0.15, -0.1) is 0 Å². The van der Waals surface area contributed by atoms with Crippen molar-refractivity contribution in [1.82, 2.24) is 20.7 Å². The standard InChI is InChI=1S/C24H30N4O2/c1-19-8-10-21(11-9-19)22-12-13-24(30)28(26-22)16-14-23(29)25-15-17-27(2)18-20-6-4-3-5-7-20/h3-12,26H,13-18H2,1-2H3,(H,25,29). The van der Waals surface area contributed by atoms with Crippen LogP contribution in [0.2, 0.25) is 0 Å². The predicted molar refractivity (Wildman–Crippen MR) is 119 cm³/mol. The largest absolute Gasteiger partial charge is 0.355 e. The summed E-state index contributed by atoms with van der Waals surface area (Å²) >= 11 is 0. The predicted octanol–water partition coefficient (Wildman–Crippen LogP) is 2.71. The zero-order chi connectivity index (χ0) is 21.3. The fourth-order valence-corrected chi connectivity index (χ4v) is 3.31. The van der Waals surface area contributed by atoms with Crippen LogP contribution in [0, 0.1) is 6.92 Å². The Morgan fingerprint density at radius 1 is 1.13 bits per heavy atom. The molecule has 1 aliphatic heterocycles. The van der Waals surface area contributed by atoms with E-state index in [-0.39, 0.29) is 18.2 Å². The van der Waals surface area contributed by atoms with Gasteiger partial charge < -0.3 is 10.2 Å². The number of hydrazine groups is 1. The number of carbonyl (C=O) groups excluding carboxylic acids is 2. The van der Waals surface area contributed by atoms with Crippen molar-refractivity contribution < 1.29 is 9.59 Å². The molecule has 6 nitrogen and oxygen atoms in total. The number of benzene rings is 2. The van der Waals surface area contributed by atoms with Crippen LogP contribution < -0.4 is 10.7 Å². The van der Waals surface area contributed by atoms with Gasteiger partial charge >= 0.3 is 0 Å². The number of nitrogens with zero attached hydrogens (tertiary/aromatic N) is 2. The van der Waals surface area contributed by atoms with Gasteiger partial charge in [-0.1, -0.05) is 60.2 Å². The number of carbonyl (C=O) groups is 2. The highest BCUT2D eigenvalue weighted by Gasteiger charge is 2.20. The summed E-state index contributed by atoms with van der Waals surface area (Å²) in [6, 6.07) is 18.4. The van der Waals surface area contributed by atoms with Gasteiger partial charge in [0.2, 0.25) is 11.8 Å². The molecule has 0 aromatic heterocycles. The summed E-state index contributed by atoms with van der Waals surface area (Å²) in [6.45, 7) is 4.57. The van der Waals surface area contributed by atoms with Crippen molar-refractivity contribution in [3.05, 3.63) is 77.4 Å². The number of likely N-dealkylation sites (N-methyl/N-ethyl adjacent to an activating group) is 1. The minimum atomic E-state index is -0.0517. The maximum Gasteiger partial charge on any atom is 0.244 e. The lowest BCUT2D eigenvalue weighted by Crippen LogP contribution is -2.46. The summed E-state index contributed by atoms with van der Waals surface area (Å²) < 4.78 is 0. The molecule has 1 aliphatic rings. The molecule has 1 heterocycles. The van der Waals surface area contributed by atoms with Crippen molar-refractivity contribution >= 4 is 17.5 Å². The van der Waals surface area contributed by atoms with Gasteiger partial charge in [0.1, 0.15) is 0 Å². The molecule has 2 N–H and O–H groups in total. The molecule has 0 saturated carbocycles. The van der Waals surface area contributed by atoms with E-state index in [0.29, 0.717) is 19.5 Å². The van der Waals surface area contributed by atoms with Crippen molar-refractivity contribution in [2.75, 3.05) is 26.7 Å². The molecule has 3 rings (SSSR count). The number of amides is 2. The third kappa shape index (κ3) is 6.46. The van der Waals surface area contributed by atoms with Crippen LogP contribution in [0.4, 0.5) is 0 Å². The van der Waals surface area contributed by atoms with Gasteiger partial charge in [0.15, 0.2) is 0 Å². The van der Waals surface area contributed by atoms with E-state index in [2.05, 4.69) is 27.8 Å². The molecule has 0 unspecified atom stereocenters. The monoisotopic (exact) mass is 406 g/mol.